The molecule has 3 aromatic carbocycles. The summed E-state index contributed by atoms with van der Waals surface area (Å²) in [6, 6.07) is 19.7. The minimum atomic E-state index is -4.43. The van der Waals surface area contributed by atoms with Gasteiger partial charge in [-0.05, 0) is 53.6 Å². The highest BCUT2D eigenvalue weighted by Gasteiger charge is 2.30. The van der Waals surface area contributed by atoms with Crippen molar-refractivity contribution in [3.8, 4) is 11.1 Å². The number of alkyl halides is 3. The van der Waals surface area contributed by atoms with Crippen LogP contribution in [0.4, 0.5) is 19.0 Å². The number of pyridine rings is 1. The van der Waals surface area contributed by atoms with E-state index in [2.05, 4.69) is 10.3 Å². The minimum absolute atomic E-state index is 0.312. The fourth-order valence-electron chi connectivity index (χ4n) is 3.45. The Kier molecular flexibility index (Phi) is 5.83. The number of halogens is 3. The van der Waals surface area contributed by atoms with Crippen molar-refractivity contribution in [3.63, 3.8) is 0 Å². The second kappa shape index (κ2) is 8.74. The van der Waals surface area contributed by atoms with Crippen LogP contribution in [0.5, 0.6) is 0 Å². The summed E-state index contributed by atoms with van der Waals surface area (Å²) < 4.78 is 43.3. The van der Waals surface area contributed by atoms with Gasteiger partial charge in [-0.1, -0.05) is 30.3 Å². The number of esters is 1. The highest BCUT2D eigenvalue weighted by Crippen LogP contribution is 2.32. The van der Waals surface area contributed by atoms with Crippen LogP contribution in [0.2, 0.25) is 0 Å². The van der Waals surface area contributed by atoms with Crippen LogP contribution in [-0.4, -0.2) is 19.0 Å². The Labute approximate surface area is 186 Å². The van der Waals surface area contributed by atoms with Crippen molar-refractivity contribution in [1.29, 1.82) is 0 Å². The Morgan fingerprint density at radius 2 is 1.64 bits per heavy atom. The standard InChI is InChI=1S/C25H17F3N2O3/c1-33-24(32)17-8-12-21-16(14-17)9-13-22(29-21)30-23(31)20-5-3-2-4-19(20)15-6-10-18(11-7-15)25(26,27)28/h2-14H,1H3,(H,29,30,31)/p+1. The molecule has 0 atom stereocenters. The fourth-order valence-corrected chi connectivity index (χ4v) is 3.45. The second-order valence-corrected chi connectivity index (χ2v) is 7.24. The fraction of sp³-hybridized carbons (Fsp3) is 0.0800. The normalized spacial score (nSPS) is 11.3. The van der Waals surface area contributed by atoms with Gasteiger partial charge < -0.3 is 4.74 Å². The Bertz CT molecular complexity index is 1350. The molecule has 0 aliphatic carbocycles. The van der Waals surface area contributed by atoms with E-state index in [9.17, 15) is 22.8 Å². The second-order valence-electron chi connectivity index (χ2n) is 7.24. The number of aromatic amines is 1. The summed E-state index contributed by atoms with van der Waals surface area (Å²) in [6.45, 7) is 0. The summed E-state index contributed by atoms with van der Waals surface area (Å²) in [4.78, 5) is 27.8. The number of amides is 1. The summed E-state index contributed by atoms with van der Waals surface area (Å²) in [7, 11) is 1.31. The lowest BCUT2D eigenvalue weighted by atomic mass is 9.98. The zero-order chi connectivity index (χ0) is 23.6. The van der Waals surface area contributed by atoms with Crippen molar-refractivity contribution in [3.05, 3.63) is 95.6 Å². The zero-order valence-corrected chi connectivity index (χ0v) is 17.4. The van der Waals surface area contributed by atoms with Gasteiger partial charge in [0.15, 0.2) is 0 Å². The molecule has 4 aromatic rings. The van der Waals surface area contributed by atoms with Gasteiger partial charge in [-0.2, -0.15) is 13.2 Å². The largest absolute Gasteiger partial charge is 0.465 e. The Balaban J connectivity index is 1.60. The first-order chi connectivity index (χ1) is 15.8. The summed E-state index contributed by atoms with van der Waals surface area (Å²) in [5.74, 6) is -0.457. The molecule has 1 heterocycles. The predicted molar refractivity (Wildman–Crippen MR) is 117 cm³/mol. The van der Waals surface area contributed by atoms with E-state index in [-0.39, 0.29) is 0 Å². The number of carbonyl (C=O) groups is 2. The van der Waals surface area contributed by atoms with E-state index >= 15 is 0 Å². The van der Waals surface area contributed by atoms with Gasteiger partial charge in [-0.3, -0.25) is 0 Å². The molecule has 2 N–H and O–H groups in total. The molecule has 0 bridgehead atoms. The Morgan fingerprint density at radius 1 is 0.909 bits per heavy atom. The Morgan fingerprint density at radius 3 is 2.33 bits per heavy atom. The van der Waals surface area contributed by atoms with Crippen LogP contribution in [0.15, 0.2) is 78.9 Å². The first-order valence-electron chi connectivity index (χ1n) is 9.89. The van der Waals surface area contributed by atoms with Gasteiger partial charge in [-0.15, -0.1) is 0 Å². The van der Waals surface area contributed by atoms with Crippen LogP contribution in [0, 0.1) is 0 Å². The average molecular weight is 451 g/mol. The predicted octanol–water partition coefficient (Wildman–Crippen LogP) is 5.38. The highest BCUT2D eigenvalue weighted by atomic mass is 19.4. The maximum Gasteiger partial charge on any atom is 0.416 e. The molecule has 33 heavy (non-hydrogen) atoms. The van der Waals surface area contributed by atoms with Crippen LogP contribution in [0.3, 0.4) is 0 Å². The zero-order valence-electron chi connectivity index (χ0n) is 17.4. The van der Waals surface area contributed by atoms with E-state index in [1.165, 1.54) is 19.2 Å². The number of rotatable bonds is 4. The lowest BCUT2D eigenvalue weighted by Gasteiger charge is -2.10. The molecule has 0 fully saturated rings. The van der Waals surface area contributed by atoms with Crippen LogP contribution in [0.25, 0.3) is 22.0 Å². The smallest absolute Gasteiger partial charge is 0.416 e. The average Bonchev–Trinajstić information content (AvgIpc) is 2.82. The number of benzene rings is 3. The number of hydrogen-bond donors (Lipinski definition) is 1. The molecule has 0 spiro atoms. The lowest BCUT2D eigenvalue weighted by Crippen LogP contribution is -2.20. The Hall–Kier alpha value is -4.20. The molecule has 0 saturated carbocycles. The minimum Gasteiger partial charge on any atom is -0.465 e. The van der Waals surface area contributed by atoms with E-state index in [0.717, 1.165) is 17.5 Å². The van der Waals surface area contributed by atoms with E-state index in [4.69, 9.17) is 4.74 Å². The van der Waals surface area contributed by atoms with Gasteiger partial charge >= 0.3 is 18.1 Å². The van der Waals surface area contributed by atoms with Crippen molar-refractivity contribution < 1.29 is 32.5 Å². The molecule has 1 amide bonds. The van der Waals surface area contributed by atoms with E-state index in [1.807, 2.05) is 0 Å². The van der Waals surface area contributed by atoms with Gasteiger partial charge in [0.2, 0.25) is 0 Å². The molecule has 5 nitrogen and oxygen atoms in total. The first-order valence-corrected chi connectivity index (χ1v) is 9.89. The van der Waals surface area contributed by atoms with Crippen molar-refractivity contribution in [2.24, 2.45) is 0 Å². The van der Waals surface area contributed by atoms with E-state index in [1.54, 1.807) is 54.6 Å². The summed E-state index contributed by atoms with van der Waals surface area (Å²) in [5.41, 5.74) is 1.65. The molecule has 4 rings (SSSR count). The quantitative estimate of drug-likeness (QED) is 0.424. The monoisotopic (exact) mass is 451 g/mol. The molecule has 0 aliphatic heterocycles. The van der Waals surface area contributed by atoms with Gasteiger partial charge in [0.05, 0.1) is 23.8 Å². The molecule has 0 radical (unpaired) electrons. The van der Waals surface area contributed by atoms with Crippen molar-refractivity contribution in [2.45, 2.75) is 6.18 Å². The number of ether oxygens (including phenoxy) is 1. The van der Waals surface area contributed by atoms with Crippen LogP contribution >= 0.6 is 0 Å². The topological polar surface area (TPSA) is 69.5 Å². The van der Waals surface area contributed by atoms with Crippen LogP contribution in [0.1, 0.15) is 26.3 Å². The van der Waals surface area contributed by atoms with Crippen molar-refractivity contribution in [1.82, 2.24) is 0 Å². The molecular weight excluding hydrogens is 433 g/mol. The number of methoxy groups -OCH3 is 1. The maximum absolute atomic E-state index is 13.0. The highest BCUT2D eigenvalue weighted by molar-refractivity contribution is 6.08. The molecule has 8 heteroatoms. The summed E-state index contributed by atoms with van der Waals surface area (Å²) in [5, 5.41) is 3.53. The lowest BCUT2D eigenvalue weighted by molar-refractivity contribution is -0.326. The van der Waals surface area contributed by atoms with E-state index in [0.29, 0.717) is 33.6 Å². The third kappa shape index (κ3) is 4.69. The van der Waals surface area contributed by atoms with Gasteiger partial charge in [0.25, 0.3) is 5.82 Å². The first kappa shape index (κ1) is 22.0. The maximum atomic E-state index is 13.0. The van der Waals surface area contributed by atoms with Crippen molar-refractivity contribution >= 4 is 28.6 Å². The third-order valence-electron chi connectivity index (χ3n) is 5.11. The van der Waals surface area contributed by atoms with Gasteiger partial charge in [0.1, 0.15) is 5.52 Å². The number of aromatic nitrogens is 1. The molecule has 166 valence electrons. The van der Waals surface area contributed by atoms with Crippen LogP contribution in [-0.2, 0) is 10.9 Å². The molecule has 0 saturated heterocycles. The molecular formula is C25H18F3N2O3+. The van der Waals surface area contributed by atoms with E-state index < -0.39 is 23.6 Å². The summed E-state index contributed by atoms with van der Waals surface area (Å²) >= 11 is 0. The number of carbonyl (C=O) groups excluding carboxylic acids is 2. The van der Waals surface area contributed by atoms with Crippen molar-refractivity contribution in [2.75, 3.05) is 12.4 Å². The summed E-state index contributed by atoms with van der Waals surface area (Å²) in [6.07, 6.45) is -4.43. The third-order valence-corrected chi connectivity index (χ3v) is 5.11. The van der Waals surface area contributed by atoms with Gasteiger partial charge in [-0.25, -0.2) is 19.9 Å². The number of fused-ring (bicyclic) bond motifs is 1. The number of nitrogens with one attached hydrogen (secondary N) is 2. The molecule has 1 aromatic heterocycles. The molecule has 0 aliphatic rings. The molecule has 0 unspecified atom stereocenters. The van der Waals surface area contributed by atoms with Gasteiger partial charge in [0, 0.05) is 11.5 Å². The van der Waals surface area contributed by atoms with Crippen LogP contribution < -0.4 is 10.3 Å². The number of anilines is 1. The number of H-pyrrole nitrogens is 1. The number of hydrogen-bond acceptors (Lipinski definition) is 3. The SMILES string of the molecule is COC(=O)c1ccc2[nH+]c(NC(=O)c3ccccc3-c3ccc(C(F)(F)F)cc3)ccc2c1.